The van der Waals surface area contributed by atoms with Gasteiger partial charge in [-0.1, -0.05) is 137 Å². The van der Waals surface area contributed by atoms with Crippen LogP contribution in [0.25, 0.3) is 83.2 Å². The van der Waals surface area contributed by atoms with Crippen molar-refractivity contribution in [2.45, 2.75) is 51.4 Å². The molecule has 4 nitrogen and oxygen atoms in total. The van der Waals surface area contributed by atoms with Crippen molar-refractivity contribution in [3.8, 4) is 39.9 Å². The molecule has 7 aromatic carbocycles. The van der Waals surface area contributed by atoms with E-state index in [2.05, 4.69) is 160 Å². The van der Waals surface area contributed by atoms with Crippen molar-refractivity contribution < 1.29 is 0 Å². The fourth-order valence-electron chi connectivity index (χ4n) is 8.59. The Balaban J connectivity index is 1.22. The summed E-state index contributed by atoms with van der Waals surface area (Å²) in [4.78, 5) is 15.3. The molecule has 0 spiro atoms. The molecule has 0 fully saturated rings. The Morgan fingerprint density at radius 2 is 1.02 bits per heavy atom. The van der Waals surface area contributed by atoms with E-state index < -0.39 is 0 Å². The van der Waals surface area contributed by atoms with Crippen LogP contribution < -0.4 is 0 Å². The van der Waals surface area contributed by atoms with Crippen LogP contribution in [-0.2, 0) is 10.8 Å². The number of rotatable bonds is 4. The topological polar surface area (TPSA) is 43.6 Å². The molecule has 2 heterocycles. The number of aromatic nitrogens is 4. The SMILES string of the molecule is CC1(C)CCC(C)(C)c2cc3c(cc21)c1c2ccccc2ccc1n3-c1cccc(-c2nc(-c3ccccc3)nc(-c3ccc4ccccc4c3)n2)c1. The molecule has 1 aliphatic rings. The van der Waals surface area contributed by atoms with Gasteiger partial charge in [0, 0.05) is 33.2 Å². The van der Waals surface area contributed by atoms with Crippen LogP contribution in [0.3, 0.4) is 0 Å². The van der Waals surface area contributed by atoms with E-state index in [1.165, 1.54) is 61.9 Å². The zero-order valence-corrected chi connectivity index (χ0v) is 30.6. The van der Waals surface area contributed by atoms with Gasteiger partial charge in [0.2, 0.25) is 0 Å². The van der Waals surface area contributed by atoms with Gasteiger partial charge in [-0.05, 0) is 92.7 Å². The zero-order chi connectivity index (χ0) is 35.9. The standard InChI is InChI=1S/C49H40N4/c1-48(2)25-26-49(3,4)41-30-43-39(29-40(41)48)44-38-20-11-10-14-32(38)23-24-42(44)53(43)37-19-12-18-35(28-37)46-50-45(33-15-6-5-7-16-33)51-47(52-46)36-22-21-31-13-8-9-17-34(31)27-36/h5-24,27-30H,25-26H2,1-4H3. The van der Waals surface area contributed by atoms with Crippen LogP contribution in [0.15, 0.2) is 146 Å². The molecule has 0 aliphatic heterocycles. The minimum absolute atomic E-state index is 0.0854. The summed E-state index contributed by atoms with van der Waals surface area (Å²) in [6.45, 7) is 9.65. The maximum atomic E-state index is 5.16. The third kappa shape index (κ3) is 5.15. The third-order valence-corrected chi connectivity index (χ3v) is 11.7. The van der Waals surface area contributed by atoms with Crippen LogP contribution in [-0.4, -0.2) is 19.5 Å². The Labute approximate surface area is 309 Å². The van der Waals surface area contributed by atoms with Gasteiger partial charge in [0.25, 0.3) is 0 Å². The molecule has 0 N–H and O–H groups in total. The average molecular weight is 685 g/mol. The lowest BCUT2D eigenvalue weighted by Gasteiger charge is -2.42. The Morgan fingerprint density at radius 3 is 1.77 bits per heavy atom. The first-order chi connectivity index (χ1) is 25.7. The molecular weight excluding hydrogens is 645 g/mol. The predicted molar refractivity (Wildman–Crippen MR) is 221 cm³/mol. The monoisotopic (exact) mass is 684 g/mol. The summed E-state index contributed by atoms with van der Waals surface area (Å²) < 4.78 is 2.46. The number of hydrogen-bond donors (Lipinski definition) is 0. The van der Waals surface area contributed by atoms with Crippen molar-refractivity contribution >= 4 is 43.4 Å². The lowest BCUT2D eigenvalue weighted by atomic mass is 9.63. The summed E-state index contributed by atoms with van der Waals surface area (Å²) in [5, 5.41) is 7.48. The molecule has 10 rings (SSSR count). The molecule has 0 atom stereocenters. The summed E-state index contributed by atoms with van der Waals surface area (Å²) >= 11 is 0. The van der Waals surface area contributed by atoms with Crippen LogP contribution in [0.4, 0.5) is 0 Å². The lowest BCUT2D eigenvalue weighted by molar-refractivity contribution is 0.332. The average Bonchev–Trinajstić information content (AvgIpc) is 3.53. The lowest BCUT2D eigenvalue weighted by Crippen LogP contribution is -2.33. The highest BCUT2D eigenvalue weighted by atomic mass is 15.0. The van der Waals surface area contributed by atoms with Gasteiger partial charge in [-0.25, -0.2) is 15.0 Å². The normalized spacial score (nSPS) is 14.9. The van der Waals surface area contributed by atoms with Crippen LogP contribution >= 0.6 is 0 Å². The smallest absolute Gasteiger partial charge is 0.164 e. The molecule has 2 aromatic heterocycles. The maximum absolute atomic E-state index is 5.16. The van der Waals surface area contributed by atoms with E-state index in [4.69, 9.17) is 15.0 Å². The van der Waals surface area contributed by atoms with Gasteiger partial charge in [0.05, 0.1) is 11.0 Å². The largest absolute Gasteiger partial charge is 0.309 e. The zero-order valence-electron chi connectivity index (χ0n) is 30.6. The molecule has 0 amide bonds. The second-order valence-electron chi connectivity index (χ2n) is 16.0. The first kappa shape index (κ1) is 31.6. The first-order valence-corrected chi connectivity index (χ1v) is 18.7. The number of fused-ring (bicyclic) bond motifs is 7. The van der Waals surface area contributed by atoms with Crippen LogP contribution in [0.1, 0.15) is 51.7 Å². The van der Waals surface area contributed by atoms with Crippen molar-refractivity contribution in [2.24, 2.45) is 0 Å². The highest BCUT2D eigenvalue weighted by molar-refractivity contribution is 6.21. The van der Waals surface area contributed by atoms with Gasteiger partial charge < -0.3 is 4.57 Å². The molecule has 53 heavy (non-hydrogen) atoms. The summed E-state index contributed by atoms with van der Waals surface area (Å²) in [7, 11) is 0. The Morgan fingerprint density at radius 1 is 0.434 bits per heavy atom. The second kappa shape index (κ2) is 11.7. The van der Waals surface area contributed by atoms with E-state index in [1.54, 1.807) is 0 Å². The molecular formula is C49H40N4. The van der Waals surface area contributed by atoms with Crippen molar-refractivity contribution in [3.05, 3.63) is 157 Å². The predicted octanol–water partition coefficient (Wildman–Crippen LogP) is 12.6. The maximum Gasteiger partial charge on any atom is 0.164 e. The summed E-state index contributed by atoms with van der Waals surface area (Å²) in [6.07, 6.45) is 2.35. The van der Waals surface area contributed by atoms with Crippen molar-refractivity contribution in [3.63, 3.8) is 0 Å². The molecule has 0 unspecified atom stereocenters. The number of nitrogens with zero attached hydrogens (tertiary/aromatic N) is 4. The molecule has 9 aromatic rings. The van der Waals surface area contributed by atoms with E-state index in [-0.39, 0.29) is 10.8 Å². The van der Waals surface area contributed by atoms with E-state index in [9.17, 15) is 0 Å². The van der Waals surface area contributed by atoms with E-state index in [0.29, 0.717) is 17.5 Å². The van der Waals surface area contributed by atoms with Crippen LogP contribution in [0.2, 0.25) is 0 Å². The van der Waals surface area contributed by atoms with Gasteiger partial charge in [0.15, 0.2) is 17.5 Å². The van der Waals surface area contributed by atoms with E-state index >= 15 is 0 Å². The Bertz CT molecular complexity index is 2900. The van der Waals surface area contributed by atoms with Crippen molar-refractivity contribution in [1.82, 2.24) is 19.5 Å². The van der Waals surface area contributed by atoms with E-state index in [0.717, 1.165) is 27.8 Å². The highest BCUT2D eigenvalue weighted by Gasteiger charge is 2.38. The van der Waals surface area contributed by atoms with Crippen LogP contribution in [0, 0.1) is 0 Å². The Hall–Kier alpha value is -6.13. The highest BCUT2D eigenvalue weighted by Crippen LogP contribution is 2.49. The molecule has 0 saturated heterocycles. The molecule has 0 saturated carbocycles. The molecule has 256 valence electrons. The molecule has 0 radical (unpaired) electrons. The van der Waals surface area contributed by atoms with Crippen molar-refractivity contribution in [1.29, 1.82) is 0 Å². The fourth-order valence-corrected chi connectivity index (χ4v) is 8.59. The minimum Gasteiger partial charge on any atom is -0.309 e. The summed E-state index contributed by atoms with van der Waals surface area (Å²) in [5.74, 6) is 1.96. The molecule has 0 bridgehead atoms. The van der Waals surface area contributed by atoms with Gasteiger partial charge in [-0.15, -0.1) is 0 Å². The van der Waals surface area contributed by atoms with Crippen molar-refractivity contribution in [2.75, 3.05) is 0 Å². The molecule has 4 heteroatoms. The Kier molecular flexibility index (Phi) is 6.97. The van der Waals surface area contributed by atoms with Gasteiger partial charge in [-0.2, -0.15) is 0 Å². The van der Waals surface area contributed by atoms with Gasteiger partial charge in [0.1, 0.15) is 0 Å². The fraction of sp³-hybridized carbons (Fsp3) is 0.163. The second-order valence-corrected chi connectivity index (χ2v) is 16.0. The first-order valence-electron chi connectivity index (χ1n) is 18.7. The quantitative estimate of drug-likeness (QED) is 0.185. The van der Waals surface area contributed by atoms with Crippen LogP contribution in [0.5, 0.6) is 0 Å². The summed E-state index contributed by atoms with van der Waals surface area (Å²) in [6, 6.07) is 52.1. The number of hydrogen-bond acceptors (Lipinski definition) is 3. The van der Waals surface area contributed by atoms with Gasteiger partial charge >= 0.3 is 0 Å². The van der Waals surface area contributed by atoms with E-state index in [1.807, 2.05) is 18.2 Å². The molecule has 1 aliphatic carbocycles. The number of benzene rings is 7. The third-order valence-electron chi connectivity index (χ3n) is 11.7. The van der Waals surface area contributed by atoms with Gasteiger partial charge in [-0.3, -0.25) is 0 Å². The minimum atomic E-state index is 0.0854. The summed E-state index contributed by atoms with van der Waals surface area (Å²) in [5.41, 5.74) is 9.50.